The number of hydrogen-bond acceptors (Lipinski definition) is 2. The van der Waals surface area contributed by atoms with Gasteiger partial charge in [-0.15, -0.1) is 24.0 Å². The van der Waals surface area contributed by atoms with Gasteiger partial charge in [0.05, 0.1) is 0 Å². The van der Waals surface area contributed by atoms with Gasteiger partial charge in [0.2, 0.25) is 0 Å². The molecular formula is C27H50INO. The lowest BCUT2D eigenvalue weighted by molar-refractivity contribution is 0.208. The van der Waals surface area contributed by atoms with E-state index in [9.17, 15) is 0 Å². The number of ether oxygens (including phenoxy) is 1. The van der Waals surface area contributed by atoms with Crippen LogP contribution < -0.4 is 10.1 Å². The molecule has 0 unspecified atom stereocenters. The average Bonchev–Trinajstić information content (AvgIpc) is 2.73. The Bertz CT molecular complexity index is 463. The predicted molar refractivity (Wildman–Crippen MR) is 144 cm³/mol. The smallest absolute Gasteiger partial charge is 0.119 e. The first-order valence-electron chi connectivity index (χ1n) is 12.6. The summed E-state index contributed by atoms with van der Waals surface area (Å²) in [6.45, 7) is 8.53. The second-order valence-electron chi connectivity index (χ2n) is 9.36. The fourth-order valence-corrected chi connectivity index (χ4v) is 3.75. The zero-order valence-electron chi connectivity index (χ0n) is 20.2. The molecule has 0 aliphatic rings. The fourth-order valence-electron chi connectivity index (χ4n) is 3.75. The normalized spacial score (nSPS) is 11.3. The first-order valence-corrected chi connectivity index (χ1v) is 12.6. The van der Waals surface area contributed by atoms with Gasteiger partial charge in [0, 0.05) is 5.54 Å². The van der Waals surface area contributed by atoms with E-state index in [1.807, 2.05) is 30.3 Å². The highest BCUT2D eigenvalue weighted by atomic mass is 127. The van der Waals surface area contributed by atoms with Gasteiger partial charge in [-0.25, -0.2) is 0 Å². The Morgan fingerprint density at radius 1 is 0.667 bits per heavy atom. The molecule has 1 aromatic rings. The summed E-state index contributed by atoms with van der Waals surface area (Å²) in [5.41, 5.74) is 0.0197. The molecule has 1 rings (SSSR count). The van der Waals surface area contributed by atoms with Gasteiger partial charge in [-0.1, -0.05) is 115 Å². The Balaban J connectivity index is 0.00000841. The Hall–Kier alpha value is -0.290. The molecule has 0 spiro atoms. The van der Waals surface area contributed by atoms with Crippen molar-refractivity contribution in [1.29, 1.82) is 0 Å². The van der Waals surface area contributed by atoms with E-state index in [0.29, 0.717) is 6.61 Å². The number of nitrogens with one attached hydrogen (secondary N) is 1. The van der Waals surface area contributed by atoms with Crippen LogP contribution >= 0.6 is 24.0 Å². The highest BCUT2D eigenvalue weighted by Crippen LogP contribution is 2.14. The highest BCUT2D eigenvalue weighted by Gasteiger charge is 2.17. The molecule has 1 aromatic carbocycles. The van der Waals surface area contributed by atoms with Crippen molar-refractivity contribution in [3.63, 3.8) is 0 Å². The van der Waals surface area contributed by atoms with Crippen molar-refractivity contribution in [2.24, 2.45) is 0 Å². The minimum absolute atomic E-state index is 0. The van der Waals surface area contributed by atoms with E-state index in [1.165, 1.54) is 96.3 Å². The SMILES string of the molecule is CCCCCCCCCCCCCCCCCNC(C)(C)COc1ccccc1.I. The Labute approximate surface area is 205 Å². The zero-order valence-corrected chi connectivity index (χ0v) is 22.6. The van der Waals surface area contributed by atoms with Crippen molar-refractivity contribution in [3.8, 4) is 5.75 Å². The van der Waals surface area contributed by atoms with Gasteiger partial charge in [-0.2, -0.15) is 0 Å². The van der Waals surface area contributed by atoms with Crippen LogP contribution in [0.5, 0.6) is 5.75 Å². The van der Waals surface area contributed by atoms with Crippen molar-refractivity contribution in [2.45, 2.75) is 123 Å². The van der Waals surface area contributed by atoms with Crippen LogP contribution in [0.25, 0.3) is 0 Å². The largest absolute Gasteiger partial charge is 0.492 e. The third-order valence-electron chi connectivity index (χ3n) is 5.73. The van der Waals surface area contributed by atoms with E-state index in [1.54, 1.807) is 0 Å². The molecule has 0 aliphatic carbocycles. The molecule has 176 valence electrons. The molecule has 0 radical (unpaired) electrons. The first-order chi connectivity index (χ1) is 14.1. The van der Waals surface area contributed by atoms with Gasteiger partial charge >= 0.3 is 0 Å². The number of rotatable bonds is 20. The molecule has 0 amide bonds. The van der Waals surface area contributed by atoms with Crippen LogP contribution in [0.15, 0.2) is 30.3 Å². The maximum absolute atomic E-state index is 5.89. The summed E-state index contributed by atoms with van der Waals surface area (Å²) in [6.07, 6.45) is 21.3. The summed E-state index contributed by atoms with van der Waals surface area (Å²) in [5.74, 6) is 0.953. The Kier molecular flexibility index (Phi) is 20.4. The van der Waals surface area contributed by atoms with Crippen molar-refractivity contribution >= 4 is 24.0 Å². The summed E-state index contributed by atoms with van der Waals surface area (Å²) < 4.78 is 5.89. The molecule has 3 heteroatoms. The quantitative estimate of drug-likeness (QED) is 0.134. The van der Waals surface area contributed by atoms with Crippen LogP contribution in [0.1, 0.15) is 117 Å². The summed E-state index contributed by atoms with van der Waals surface area (Å²) in [6, 6.07) is 10.1. The number of para-hydroxylation sites is 1. The molecule has 1 N–H and O–H groups in total. The van der Waals surface area contributed by atoms with E-state index in [0.717, 1.165) is 12.3 Å². The van der Waals surface area contributed by atoms with Gasteiger partial charge < -0.3 is 10.1 Å². The number of hydrogen-bond donors (Lipinski definition) is 1. The minimum atomic E-state index is 0. The highest BCUT2D eigenvalue weighted by molar-refractivity contribution is 14.0. The number of benzene rings is 1. The number of halogens is 1. The molecule has 0 saturated carbocycles. The van der Waals surface area contributed by atoms with Crippen molar-refractivity contribution < 1.29 is 4.74 Å². The van der Waals surface area contributed by atoms with Gasteiger partial charge in [0.15, 0.2) is 0 Å². The van der Waals surface area contributed by atoms with Crippen LogP contribution in [0, 0.1) is 0 Å². The molecule has 0 aromatic heterocycles. The molecule has 2 nitrogen and oxygen atoms in total. The fraction of sp³-hybridized carbons (Fsp3) is 0.778. The van der Waals surface area contributed by atoms with Crippen LogP contribution in [0.3, 0.4) is 0 Å². The second kappa shape index (κ2) is 20.6. The number of unbranched alkanes of at least 4 members (excludes halogenated alkanes) is 14. The van der Waals surface area contributed by atoms with E-state index in [-0.39, 0.29) is 29.5 Å². The lowest BCUT2D eigenvalue weighted by Gasteiger charge is -2.26. The average molecular weight is 532 g/mol. The Morgan fingerprint density at radius 3 is 1.57 bits per heavy atom. The van der Waals surface area contributed by atoms with Crippen LogP contribution in [-0.2, 0) is 0 Å². The topological polar surface area (TPSA) is 21.3 Å². The van der Waals surface area contributed by atoms with Gasteiger partial charge in [0.1, 0.15) is 12.4 Å². The van der Waals surface area contributed by atoms with Crippen LogP contribution in [-0.4, -0.2) is 18.7 Å². The molecule has 0 fully saturated rings. The zero-order chi connectivity index (χ0) is 21.0. The second-order valence-corrected chi connectivity index (χ2v) is 9.36. The summed E-state index contributed by atoms with van der Waals surface area (Å²) >= 11 is 0. The maximum atomic E-state index is 5.89. The van der Waals surface area contributed by atoms with Crippen LogP contribution in [0.2, 0.25) is 0 Å². The lowest BCUT2D eigenvalue weighted by atomic mass is 10.0. The molecule has 0 heterocycles. The van der Waals surface area contributed by atoms with Crippen molar-refractivity contribution in [2.75, 3.05) is 13.2 Å². The van der Waals surface area contributed by atoms with Crippen molar-refractivity contribution in [1.82, 2.24) is 5.32 Å². The monoisotopic (exact) mass is 531 g/mol. The van der Waals surface area contributed by atoms with E-state index in [4.69, 9.17) is 4.74 Å². The molecule has 0 saturated heterocycles. The third kappa shape index (κ3) is 18.5. The summed E-state index contributed by atoms with van der Waals surface area (Å²) in [7, 11) is 0. The molecular weight excluding hydrogens is 481 g/mol. The third-order valence-corrected chi connectivity index (χ3v) is 5.73. The Morgan fingerprint density at radius 2 is 1.10 bits per heavy atom. The van der Waals surface area contributed by atoms with Crippen LogP contribution in [0.4, 0.5) is 0 Å². The molecule has 30 heavy (non-hydrogen) atoms. The summed E-state index contributed by atoms with van der Waals surface area (Å²) in [5, 5.41) is 3.65. The van der Waals surface area contributed by atoms with E-state index < -0.39 is 0 Å². The standard InChI is InChI=1S/C27H49NO.HI/c1-4-5-6-7-8-9-10-11-12-13-14-15-16-17-21-24-28-27(2,3)25-29-26-22-19-18-20-23-26;/h18-20,22-23,28H,4-17,21,24-25H2,1-3H3;1H. The van der Waals surface area contributed by atoms with Gasteiger partial charge in [-0.3, -0.25) is 0 Å². The lowest BCUT2D eigenvalue weighted by Crippen LogP contribution is -2.45. The minimum Gasteiger partial charge on any atom is -0.492 e. The van der Waals surface area contributed by atoms with E-state index in [2.05, 4.69) is 26.1 Å². The van der Waals surface area contributed by atoms with Gasteiger partial charge in [0.25, 0.3) is 0 Å². The van der Waals surface area contributed by atoms with Crippen molar-refractivity contribution in [3.05, 3.63) is 30.3 Å². The first kappa shape index (κ1) is 29.7. The molecule has 0 aliphatic heterocycles. The molecule has 0 bridgehead atoms. The maximum Gasteiger partial charge on any atom is 0.119 e. The van der Waals surface area contributed by atoms with E-state index >= 15 is 0 Å². The van der Waals surface area contributed by atoms with Gasteiger partial charge in [-0.05, 0) is 38.9 Å². The summed E-state index contributed by atoms with van der Waals surface area (Å²) in [4.78, 5) is 0. The molecule has 0 atom stereocenters. The predicted octanol–water partition coefficient (Wildman–Crippen LogP) is 8.92.